The Hall–Kier alpha value is -1.68. The summed E-state index contributed by atoms with van der Waals surface area (Å²) in [5.74, 6) is -0.953. The highest BCUT2D eigenvalue weighted by Gasteiger charge is 2.13. The van der Waals surface area contributed by atoms with E-state index in [-0.39, 0.29) is 11.6 Å². The third kappa shape index (κ3) is 3.50. The summed E-state index contributed by atoms with van der Waals surface area (Å²) >= 11 is 0. The number of hydrogen-bond donors (Lipinski definition) is 1. The molecule has 1 aromatic carbocycles. The van der Waals surface area contributed by atoms with Crippen LogP contribution in [-0.2, 0) is 20.0 Å². The van der Waals surface area contributed by atoms with Crippen molar-refractivity contribution in [3.05, 3.63) is 58.4 Å². The smallest absolute Gasteiger partial charge is 0.129 e. The van der Waals surface area contributed by atoms with E-state index < -0.39 is 11.6 Å². The summed E-state index contributed by atoms with van der Waals surface area (Å²) in [6, 6.07) is 6.13. The van der Waals surface area contributed by atoms with Gasteiger partial charge >= 0.3 is 0 Å². The van der Waals surface area contributed by atoms with Gasteiger partial charge in [-0.3, -0.25) is 0 Å². The number of rotatable bonds is 5. The van der Waals surface area contributed by atoms with Crippen molar-refractivity contribution in [2.75, 3.05) is 0 Å². The molecular formula is C17H22F2N2. The van der Waals surface area contributed by atoms with Crippen LogP contribution in [0.4, 0.5) is 8.78 Å². The van der Waals surface area contributed by atoms with Gasteiger partial charge in [-0.15, -0.1) is 0 Å². The van der Waals surface area contributed by atoms with E-state index in [1.807, 2.05) is 14.0 Å². The lowest BCUT2D eigenvalue weighted by Gasteiger charge is -2.15. The van der Waals surface area contributed by atoms with Crippen LogP contribution in [0.15, 0.2) is 24.3 Å². The molecule has 114 valence electrons. The normalized spacial score (nSPS) is 12.7. The van der Waals surface area contributed by atoms with Gasteiger partial charge in [-0.05, 0) is 51.0 Å². The van der Waals surface area contributed by atoms with Crippen molar-refractivity contribution in [3.8, 4) is 0 Å². The summed E-state index contributed by atoms with van der Waals surface area (Å²) in [6.45, 7) is 6.78. The third-order valence-electron chi connectivity index (χ3n) is 4.09. The molecule has 0 aliphatic rings. The molecule has 0 bridgehead atoms. The van der Waals surface area contributed by atoms with Gasteiger partial charge in [0.05, 0.1) is 0 Å². The fourth-order valence-electron chi connectivity index (χ4n) is 2.50. The molecular weight excluding hydrogens is 270 g/mol. The van der Waals surface area contributed by atoms with Gasteiger partial charge in [0.25, 0.3) is 0 Å². The van der Waals surface area contributed by atoms with Crippen molar-refractivity contribution in [2.45, 2.75) is 39.8 Å². The minimum Gasteiger partial charge on any atom is -0.352 e. The number of benzene rings is 1. The lowest BCUT2D eigenvalue weighted by molar-refractivity contribution is 0.499. The van der Waals surface area contributed by atoms with Crippen molar-refractivity contribution >= 4 is 0 Å². The maximum absolute atomic E-state index is 13.6. The van der Waals surface area contributed by atoms with Gasteiger partial charge in [0.15, 0.2) is 0 Å². The second kappa shape index (κ2) is 6.39. The molecule has 2 nitrogen and oxygen atoms in total. The molecule has 4 heteroatoms. The highest BCUT2D eigenvalue weighted by molar-refractivity contribution is 5.26. The van der Waals surface area contributed by atoms with E-state index in [1.165, 1.54) is 35.2 Å². The molecule has 1 N–H and O–H groups in total. The van der Waals surface area contributed by atoms with E-state index in [1.54, 1.807) is 0 Å². The first kappa shape index (κ1) is 15.7. The molecule has 0 spiro atoms. The first-order valence-electron chi connectivity index (χ1n) is 7.18. The van der Waals surface area contributed by atoms with Crippen LogP contribution in [0.5, 0.6) is 0 Å². The predicted octanol–water partition coefficient (Wildman–Crippen LogP) is 3.64. The van der Waals surface area contributed by atoms with Crippen molar-refractivity contribution in [1.82, 2.24) is 9.88 Å². The SMILES string of the molecule is Cc1cc(CNC(C)Cc2c(F)cccc2F)c(C)n1C. The van der Waals surface area contributed by atoms with Gasteiger partial charge in [0, 0.05) is 36.6 Å². The molecule has 0 amide bonds. The van der Waals surface area contributed by atoms with Gasteiger partial charge in [-0.25, -0.2) is 8.78 Å². The number of aromatic nitrogens is 1. The van der Waals surface area contributed by atoms with Crippen molar-refractivity contribution < 1.29 is 8.78 Å². The van der Waals surface area contributed by atoms with Gasteiger partial charge in [-0.2, -0.15) is 0 Å². The molecule has 0 fully saturated rings. The minimum atomic E-state index is -0.476. The summed E-state index contributed by atoms with van der Waals surface area (Å²) in [4.78, 5) is 0. The summed E-state index contributed by atoms with van der Waals surface area (Å²) in [5, 5.41) is 3.34. The quantitative estimate of drug-likeness (QED) is 0.890. The number of halogens is 2. The minimum absolute atomic E-state index is 0.00341. The monoisotopic (exact) mass is 292 g/mol. The van der Waals surface area contributed by atoms with E-state index in [9.17, 15) is 8.78 Å². The molecule has 21 heavy (non-hydrogen) atoms. The van der Waals surface area contributed by atoms with Crippen LogP contribution in [0.1, 0.15) is 29.4 Å². The number of nitrogens with one attached hydrogen (secondary N) is 1. The van der Waals surface area contributed by atoms with Crippen LogP contribution >= 0.6 is 0 Å². The maximum Gasteiger partial charge on any atom is 0.129 e. The Bertz CT molecular complexity index is 612. The molecule has 1 atom stereocenters. The highest BCUT2D eigenvalue weighted by Crippen LogP contribution is 2.16. The summed E-state index contributed by atoms with van der Waals surface area (Å²) < 4.78 is 29.4. The average molecular weight is 292 g/mol. The van der Waals surface area contributed by atoms with Gasteiger partial charge in [0.2, 0.25) is 0 Å². The van der Waals surface area contributed by atoms with Crippen molar-refractivity contribution in [1.29, 1.82) is 0 Å². The summed E-state index contributed by atoms with van der Waals surface area (Å²) in [5.41, 5.74) is 3.79. The molecule has 0 saturated heterocycles. The van der Waals surface area contributed by atoms with Crippen LogP contribution in [0, 0.1) is 25.5 Å². The fraction of sp³-hybridized carbons (Fsp3) is 0.412. The zero-order valence-electron chi connectivity index (χ0n) is 13.0. The van der Waals surface area contributed by atoms with E-state index in [0.29, 0.717) is 13.0 Å². The van der Waals surface area contributed by atoms with Crippen LogP contribution in [0.3, 0.4) is 0 Å². The third-order valence-corrected chi connectivity index (χ3v) is 4.09. The zero-order valence-corrected chi connectivity index (χ0v) is 13.0. The Morgan fingerprint density at radius 3 is 2.33 bits per heavy atom. The Labute approximate surface area is 124 Å². The highest BCUT2D eigenvalue weighted by atomic mass is 19.1. The molecule has 0 radical (unpaired) electrons. The molecule has 1 aromatic heterocycles. The first-order valence-corrected chi connectivity index (χ1v) is 7.18. The largest absolute Gasteiger partial charge is 0.352 e. The molecule has 0 aliphatic carbocycles. The Kier molecular flexibility index (Phi) is 4.78. The molecule has 2 aromatic rings. The number of hydrogen-bond acceptors (Lipinski definition) is 1. The fourth-order valence-corrected chi connectivity index (χ4v) is 2.50. The first-order chi connectivity index (χ1) is 9.90. The average Bonchev–Trinajstić information content (AvgIpc) is 2.68. The lowest BCUT2D eigenvalue weighted by Crippen LogP contribution is -2.28. The van der Waals surface area contributed by atoms with E-state index >= 15 is 0 Å². The predicted molar refractivity (Wildman–Crippen MR) is 81.3 cm³/mol. The van der Waals surface area contributed by atoms with Gasteiger partial charge in [0.1, 0.15) is 11.6 Å². The van der Waals surface area contributed by atoms with Crippen molar-refractivity contribution in [3.63, 3.8) is 0 Å². The lowest BCUT2D eigenvalue weighted by atomic mass is 10.1. The molecule has 0 saturated carbocycles. The van der Waals surface area contributed by atoms with E-state index in [2.05, 4.69) is 29.8 Å². The Morgan fingerprint density at radius 2 is 1.81 bits per heavy atom. The number of nitrogens with zero attached hydrogens (tertiary/aromatic N) is 1. The summed E-state index contributed by atoms with van der Waals surface area (Å²) in [6.07, 6.45) is 0.337. The second-order valence-electron chi connectivity index (χ2n) is 5.64. The van der Waals surface area contributed by atoms with Crippen molar-refractivity contribution in [2.24, 2.45) is 7.05 Å². The molecule has 2 rings (SSSR count). The van der Waals surface area contributed by atoms with Crippen LogP contribution < -0.4 is 5.32 Å². The van der Waals surface area contributed by atoms with Gasteiger partial charge in [-0.1, -0.05) is 6.07 Å². The zero-order chi connectivity index (χ0) is 15.6. The molecule has 1 unspecified atom stereocenters. The summed E-state index contributed by atoms with van der Waals surface area (Å²) in [7, 11) is 2.03. The standard InChI is InChI=1S/C17H22F2N2/c1-11(8-15-16(18)6-5-7-17(15)19)20-10-14-9-12(2)21(4)13(14)3/h5-7,9,11,20H,8,10H2,1-4H3. The van der Waals surface area contributed by atoms with E-state index in [4.69, 9.17) is 0 Å². The second-order valence-corrected chi connectivity index (χ2v) is 5.64. The Morgan fingerprint density at radius 1 is 1.19 bits per heavy atom. The van der Waals surface area contributed by atoms with Crippen LogP contribution in [0.25, 0.3) is 0 Å². The maximum atomic E-state index is 13.6. The van der Waals surface area contributed by atoms with Crippen LogP contribution in [-0.4, -0.2) is 10.6 Å². The number of aryl methyl sites for hydroxylation is 1. The van der Waals surface area contributed by atoms with Gasteiger partial charge < -0.3 is 9.88 Å². The van der Waals surface area contributed by atoms with E-state index in [0.717, 1.165) is 0 Å². The van der Waals surface area contributed by atoms with Crippen LogP contribution in [0.2, 0.25) is 0 Å². The Balaban J connectivity index is 1.99. The molecule has 0 aliphatic heterocycles. The molecule has 1 heterocycles. The topological polar surface area (TPSA) is 17.0 Å².